The van der Waals surface area contributed by atoms with Gasteiger partial charge in [0.1, 0.15) is 5.75 Å². The van der Waals surface area contributed by atoms with Crippen LogP contribution in [0.15, 0.2) is 34.1 Å². The number of benzene rings is 1. The van der Waals surface area contributed by atoms with E-state index in [1.165, 1.54) is 16.0 Å². The lowest BCUT2D eigenvalue weighted by Gasteiger charge is -2.20. The minimum absolute atomic E-state index is 0.195. The predicted molar refractivity (Wildman–Crippen MR) is 85.3 cm³/mol. The van der Waals surface area contributed by atoms with E-state index < -0.39 is 0 Å². The zero-order chi connectivity index (χ0) is 13.8. The van der Waals surface area contributed by atoms with E-state index in [0.717, 1.165) is 16.8 Å². The Balaban J connectivity index is 2.47. The monoisotopic (exact) mass is 339 g/mol. The quantitative estimate of drug-likeness (QED) is 0.864. The first-order valence-electron chi connectivity index (χ1n) is 6.28. The first-order chi connectivity index (χ1) is 9.17. The Kier molecular flexibility index (Phi) is 5.02. The van der Waals surface area contributed by atoms with Gasteiger partial charge >= 0.3 is 0 Å². The number of rotatable bonds is 5. The summed E-state index contributed by atoms with van der Waals surface area (Å²) in [5.41, 5.74) is 2.54. The van der Waals surface area contributed by atoms with Crippen LogP contribution in [0.4, 0.5) is 0 Å². The van der Waals surface area contributed by atoms with Gasteiger partial charge in [0.2, 0.25) is 0 Å². The van der Waals surface area contributed by atoms with Crippen LogP contribution in [0, 0.1) is 6.92 Å². The van der Waals surface area contributed by atoms with Crippen molar-refractivity contribution in [3.05, 3.63) is 50.1 Å². The normalized spacial score (nSPS) is 12.4. The van der Waals surface area contributed by atoms with Gasteiger partial charge in [-0.2, -0.15) is 0 Å². The number of hydrogen-bond donors (Lipinski definition) is 1. The molecule has 0 aliphatic rings. The number of aryl methyl sites for hydroxylation is 1. The van der Waals surface area contributed by atoms with Crippen LogP contribution in [0.1, 0.15) is 29.0 Å². The summed E-state index contributed by atoms with van der Waals surface area (Å²) in [6.45, 7) is 5.21. The molecule has 0 fully saturated rings. The number of ether oxygens (including phenoxy) is 1. The lowest BCUT2D eigenvalue weighted by Crippen LogP contribution is -2.22. The molecule has 1 heterocycles. The second-order valence-electron chi connectivity index (χ2n) is 4.31. The summed E-state index contributed by atoms with van der Waals surface area (Å²) in [7, 11) is 1.70. The second-order valence-corrected chi connectivity index (χ2v) is 6.28. The molecule has 0 aliphatic carbocycles. The van der Waals surface area contributed by atoms with Gasteiger partial charge in [0.05, 0.1) is 13.2 Å². The largest absolute Gasteiger partial charge is 0.497 e. The zero-order valence-corrected chi connectivity index (χ0v) is 13.8. The summed E-state index contributed by atoms with van der Waals surface area (Å²) in [6.07, 6.45) is 0. The number of thiophene rings is 1. The Hall–Kier alpha value is -0.840. The van der Waals surface area contributed by atoms with Crippen molar-refractivity contribution in [3.8, 4) is 5.75 Å². The molecule has 0 radical (unpaired) electrons. The van der Waals surface area contributed by atoms with E-state index in [0.29, 0.717) is 0 Å². The molecule has 1 aromatic carbocycles. The molecule has 2 nitrogen and oxygen atoms in total. The van der Waals surface area contributed by atoms with E-state index in [-0.39, 0.29) is 6.04 Å². The zero-order valence-electron chi connectivity index (χ0n) is 11.4. The van der Waals surface area contributed by atoms with Gasteiger partial charge < -0.3 is 10.1 Å². The molecule has 2 aromatic rings. The van der Waals surface area contributed by atoms with Crippen LogP contribution in [0.5, 0.6) is 5.75 Å². The lowest BCUT2D eigenvalue weighted by molar-refractivity contribution is 0.413. The maximum atomic E-state index is 5.34. The standard InChI is InChI=1S/C15H18BrNOS/c1-4-17-15(12-7-8-19-10(12)2)13-9-11(18-3)5-6-14(13)16/h5-9,15,17H,4H2,1-3H3. The van der Waals surface area contributed by atoms with Crippen LogP contribution >= 0.6 is 27.3 Å². The maximum absolute atomic E-state index is 5.34. The van der Waals surface area contributed by atoms with Gasteiger partial charge in [0.15, 0.2) is 0 Å². The van der Waals surface area contributed by atoms with Gasteiger partial charge in [-0.05, 0) is 54.2 Å². The number of nitrogens with one attached hydrogen (secondary N) is 1. The van der Waals surface area contributed by atoms with E-state index in [2.05, 4.69) is 52.6 Å². The molecular formula is C15H18BrNOS. The molecule has 1 atom stereocenters. The molecule has 2 rings (SSSR count). The molecule has 1 unspecified atom stereocenters. The summed E-state index contributed by atoms with van der Waals surface area (Å²) < 4.78 is 6.44. The van der Waals surface area contributed by atoms with Gasteiger partial charge in [0.25, 0.3) is 0 Å². The fourth-order valence-corrected chi connectivity index (χ4v) is 3.37. The van der Waals surface area contributed by atoms with Crippen LogP contribution in [0.2, 0.25) is 0 Å². The summed E-state index contributed by atoms with van der Waals surface area (Å²) >= 11 is 5.43. The minimum atomic E-state index is 0.195. The van der Waals surface area contributed by atoms with Crippen molar-refractivity contribution in [2.45, 2.75) is 19.9 Å². The molecule has 4 heteroatoms. The molecule has 0 saturated carbocycles. The van der Waals surface area contributed by atoms with Crippen molar-refractivity contribution < 1.29 is 4.74 Å². The molecule has 102 valence electrons. The Morgan fingerprint density at radius 3 is 2.68 bits per heavy atom. The van der Waals surface area contributed by atoms with Gasteiger partial charge in [-0.25, -0.2) is 0 Å². The van der Waals surface area contributed by atoms with Crippen molar-refractivity contribution in [2.75, 3.05) is 13.7 Å². The van der Waals surface area contributed by atoms with Gasteiger partial charge in [0, 0.05) is 9.35 Å². The Labute approximate surface area is 126 Å². The third kappa shape index (κ3) is 3.19. The minimum Gasteiger partial charge on any atom is -0.497 e. The Bertz CT molecular complexity index is 553. The van der Waals surface area contributed by atoms with Crippen molar-refractivity contribution in [1.29, 1.82) is 0 Å². The number of halogens is 1. The van der Waals surface area contributed by atoms with Crippen LogP contribution in [-0.2, 0) is 0 Å². The van der Waals surface area contributed by atoms with Crippen molar-refractivity contribution >= 4 is 27.3 Å². The molecule has 0 aliphatic heterocycles. The van der Waals surface area contributed by atoms with E-state index in [1.54, 1.807) is 18.4 Å². The van der Waals surface area contributed by atoms with Gasteiger partial charge in [-0.15, -0.1) is 11.3 Å². The van der Waals surface area contributed by atoms with Crippen LogP contribution < -0.4 is 10.1 Å². The fraction of sp³-hybridized carbons (Fsp3) is 0.333. The fourth-order valence-electron chi connectivity index (χ4n) is 2.16. The third-order valence-electron chi connectivity index (χ3n) is 3.13. The Morgan fingerprint density at radius 1 is 1.32 bits per heavy atom. The molecule has 1 aromatic heterocycles. The maximum Gasteiger partial charge on any atom is 0.119 e. The molecule has 0 bridgehead atoms. The molecular weight excluding hydrogens is 322 g/mol. The summed E-state index contributed by atoms with van der Waals surface area (Å²) in [6, 6.07) is 8.49. The molecule has 0 spiro atoms. The van der Waals surface area contributed by atoms with E-state index >= 15 is 0 Å². The molecule has 0 saturated heterocycles. The molecule has 0 amide bonds. The molecule has 19 heavy (non-hydrogen) atoms. The van der Waals surface area contributed by atoms with Crippen LogP contribution in [0.3, 0.4) is 0 Å². The summed E-state index contributed by atoms with van der Waals surface area (Å²) in [5.74, 6) is 0.883. The molecule has 1 N–H and O–H groups in total. The average molecular weight is 340 g/mol. The SMILES string of the molecule is CCNC(c1cc(OC)ccc1Br)c1ccsc1C. The summed E-state index contributed by atoms with van der Waals surface area (Å²) in [5, 5.41) is 5.70. The van der Waals surface area contributed by atoms with Crippen molar-refractivity contribution in [2.24, 2.45) is 0 Å². The Morgan fingerprint density at radius 2 is 2.11 bits per heavy atom. The third-order valence-corrected chi connectivity index (χ3v) is 4.72. The average Bonchev–Trinajstić information content (AvgIpc) is 2.83. The van der Waals surface area contributed by atoms with E-state index in [4.69, 9.17) is 4.74 Å². The topological polar surface area (TPSA) is 21.3 Å². The van der Waals surface area contributed by atoms with E-state index in [1.807, 2.05) is 12.1 Å². The number of hydrogen-bond acceptors (Lipinski definition) is 3. The highest BCUT2D eigenvalue weighted by Gasteiger charge is 2.19. The van der Waals surface area contributed by atoms with Crippen molar-refractivity contribution in [3.63, 3.8) is 0 Å². The highest BCUT2D eigenvalue weighted by molar-refractivity contribution is 9.10. The first-order valence-corrected chi connectivity index (χ1v) is 7.95. The smallest absolute Gasteiger partial charge is 0.119 e. The highest BCUT2D eigenvalue weighted by atomic mass is 79.9. The highest BCUT2D eigenvalue weighted by Crippen LogP contribution is 2.34. The second kappa shape index (κ2) is 6.55. The van der Waals surface area contributed by atoms with Crippen LogP contribution in [0.25, 0.3) is 0 Å². The first kappa shape index (κ1) is 14.6. The van der Waals surface area contributed by atoms with Crippen LogP contribution in [-0.4, -0.2) is 13.7 Å². The van der Waals surface area contributed by atoms with Gasteiger partial charge in [-0.3, -0.25) is 0 Å². The van der Waals surface area contributed by atoms with E-state index in [9.17, 15) is 0 Å². The number of methoxy groups -OCH3 is 1. The summed E-state index contributed by atoms with van der Waals surface area (Å²) in [4.78, 5) is 1.35. The van der Waals surface area contributed by atoms with Gasteiger partial charge in [-0.1, -0.05) is 22.9 Å². The predicted octanol–water partition coefficient (Wildman–Crippen LogP) is 4.53. The lowest BCUT2D eigenvalue weighted by atomic mass is 9.99. The van der Waals surface area contributed by atoms with Crippen molar-refractivity contribution in [1.82, 2.24) is 5.32 Å².